The van der Waals surface area contributed by atoms with Crippen molar-refractivity contribution in [2.24, 2.45) is 0 Å². The second-order valence-corrected chi connectivity index (χ2v) is 8.24. The average molecular weight is 453 g/mol. The van der Waals surface area contributed by atoms with Gasteiger partial charge >= 0.3 is 6.03 Å². The van der Waals surface area contributed by atoms with Crippen LogP contribution < -0.4 is 20.1 Å². The Morgan fingerprint density at radius 3 is 1.97 bits per heavy atom. The van der Waals surface area contributed by atoms with Crippen LogP contribution in [0.3, 0.4) is 0 Å². The van der Waals surface area contributed by atoms with Crippen LogP contribution in [0, 0.1) is 0 Å². The van der Waals surface area contributed by atoms with Gasteiger partial charge in [0, 0.05) is 13.0 Å². The highest BCUT2D eigenvalue weighted by Gasteiger charge is 2.52. The van der Waals surface area contributed by atoms with E-state index in [1.54, 1.807) is 31.2 Å². The van der Waals surface area contributed by atoms with E-state index < -0.39 is 23.4 Å². The molecule has 1 aliphatic heterocycles. The minimum absolute atomic E-state index is 0.0443. The van der Waals surface area contributed by atoms with E-state index in [2.05, 4.69) is 22.8 Å². The lowest BCUT2D eigenvalue weighted by molar-refractivity contribution is -0.153. The van der Waals surface area contributed by atoms with Crippen molar-refractivity contribution in [3.05, 3.63) is 54.1 Å². The predicted molar refractivity (Wildman–Crippen MR) is 120 cm³/mol. The molecule has 0 unspecified atom stereocenters. The summed E-state index contributed by atoms with van der Waals surface area (Å²) in [7, 11) is 0. The lowest BCUT2D eigenvalue weighted by atomic mass is 9.95. The molecule has 2 fully saturated rings. The molecular weight excluding hydrogens is 424 g/mol. The van der Waals surface area contributed by atoms with Crippen molar-refractivity contribution in [2.75, 3.05) is 13.2 Å². The molecule has 2 N–H and O–H groups in total. The smallest absolute Gasteiger partial charge is 0.328 e. The third-order valence-electron chi connectivity index (χ3n) is 6.05. The summed E-state index contributed by atoms with van der Waals surface area (Å²) in [4.78, 5) is 36.6. The van der Waals surface area contributed by atoms with Crippen LogP contribution in [0.5, 0.6) is 17.2 Å². The maximum absolute atomic E-state index is 12.6. The van der Waals surface area contributed by atoms with E-state index in [-0.39, 0.29) is 18.8 Å². The molecule has 1 saturated heterocycles. The Labute approximate surface area is 192 Å². The van der Waals surface area contributed by atoms with Crippen molar-refractivity contribution < 1.29 is 28.6 Å². The highest BCUT2D eigenvalue weighted by molar-refractivity contribution is 6.21. The first kappa shape index (κ1) is 22.8. The Morgan fingerprint density at radius 2 is 1.39 bits per heavy atom. The summed E-state index contributed by atoms with van der Waals surface area (Å²) in [6, 6.07) is 13.9. The van der Waals surface area contributed by atoms with Crippen LogP contribution in [0.15, 0.2) is 48.5 Å². The lowest BCUT2D eigenvalue weighted by Crippen LogP contribution is -2.69. The minimum Gasteiger partial charge on any atom is -0.467 e. The number of ether oxygens (including phenoxy) is 3. The van der Waals surface area contributed by atoms with E-state index in [0.717, 1.165) is 5.75 Å². The largest absolute Gasteiger partial charge is 0.467 e. The number of barbiturate groups is 1. The maximum atomic E-state index is 12.6. The van der Waals surface area contributed by atoms with Gasteiger partial charge in [0.05, 0.1) is 6.61 Å². The molecule has 0 aromatic heterocycles. The number of carbonyl (C=O) groups is 3. The third-order valence-corrected chi connectivity index (χ3v) is 6.05. The fraction of sp³-hybridized carbons (Fsp3) is 0.400. The van der Waals surface area contributed by atoms with Gasteiger partial charge in [0.2, 0.25) is 0 Å². The molecule has 4 rings (SSSR count). The van der Waals surface area contributed by atoms with Gasteiger partial charge in [-0.05, 0) is 67.6 Å². The zero-order valence-corrected chi connectivity index (χ0v) is 18.6. The Bertz CT molecular complexity index is 977. The number of carbonyl (C=O) groups excluding carboxylic acids is 3. The monoisotopic (exact) mass is 452 g/mol. The normalized spacial score (nSPS) is 18.0. The molecule has 1 aliphatic carbocycles. The molecule has 1 heterocycles. The van der Waals surface area contributed by atoms with Gasteiger partial charge in [-0.1, -0.05) is 25.0 Å². The number of nitrogens with one attached hydrogen (secondary N) is 2. The maximum Gasteiger partial charge on any atom is 0.328 e. The second kappa shape index (κ2) is 10.0. The number of imide groups is 2. The molecule has 1 saturated carbocycles. The Hall–Kier alpha value is -3.39. The molecule has 8 nitrogen and oxygen atoms in total. The number of benzene rings is 2. The molecule has 2 aromatic carbocycles. The van der Waals surface area contributed by atoms with Crippen molar-refractivity contribution in [1.29, 1.82) is 0 Å². The molecule has 0 atom stereocenters. The van der Waals surface area contributed by atoms with Gasteiger partial charge in [-0.15, -0.1) is 0 Å². The summed E-state index contributed by atoms with van der Waals surface area (Å²) in [5.41, 5.74) is -0.551. The quantitative estimate of drug-likeness (QED) is 0.440. The van der Waals surface area contributed by atoms with E-state index in [4.69, 9.17) is 14.2 Å². The molecule has 0 spiro atoms. The molecule has 2 aliphatic rings. The third kappa shape index (κ3) is 5.17. The molecule has 174 valence electrons. The zero-order chi connectivity index (χ0) is 23.3. The van der Waals surface area contributed by atoms with Crippen LogP contribution in [0.25, 0.3) is 0 Å². The lowest BCUT2D eigenvalue weighted by Gasteiger charge is -2.34. The Kier molecular flexibility index (Phi) is 6.93. The van der Waals surface area contributed by atoms with Gasteiger partial charge in [0.1, 0.15) is 17.2 Å². The predicted octanol–water partition coefficient (Wildman–Crippen LogP) is 4.05. The first-order valence-corrected chi connectivity index (χ1v) is 11.3. The van der Waals surface area contributed by atoms with E-state index in [9.17, 15) is 14.4 Å². The summed E-state index contributed by atoms with van der Waals surface area (Å²) in [6.07, 6.45) is 5.04. The summed E-state index contributed by atoms with van der Waals surface area (Å²) in [6.45, 7) is 2.34. The number of amides is 4. The first-order chi connectivity index (χ1) is 16.0. The van der Waals surface area contributed by atoms with Crippen molar-refractivity contribution >= 4 is 17.8 Å². The minimum atomic E-state index is -1.90. The Balaban J connectivity index is 1.44. The van der Waals surface area contributed by atoms with Gasteiger partial charge in [-0.3, -0.25) is 20.2 Å². The number of urea groups is 1. The van der Waals surface area contributed by atoms with E-state index >= 15 is 0 Å². The fourth-order valence-electron chi connectivity index (χ4n) is 4.25. The highest BCUT2D eigenvalue weighted by atomic mass is 16.5. The van der Waals surface area contributed by atoms with Crippen molar-refractivity contribution in [2.45, 2.75) is 50.5 Å². The van der Waals surface area contributed by atoms with Crippen LogP contribution in [0.2, 0.25) is 0 Å². The molecular formula is C25H28N2O6. The molecule has 2 aromatic rings. The van der Waals surface area contributed by atoms with E-state index in [1.165, 1.54) is 31.2 Å². The second-order valence-electron chi connectivity index (χ2n) is 8.24. The first-order valence-electron chi connectivity index (χ1n) is 11.3. The van der Waals surface area contributed by atoms with E-state index in [1.807, 2.05) is 12.1 Å². The molecule has 33 heavy (non-hydrogen) atoms. The van der Waals surface area contributed by atoms with Gasteiger partial charge in [0.25, 0.3) is 17.4 Å². The number of hydrogen-bond acceptors (Lipinski definition) is 6. The molecule has 0 radical (unpaired) electrons. The van der Waals surface area contributed by atoms with Crippen LogP contribution in [-0.2, 0) is 14.3 Å². The molecule has 0 bridgehead atoms. The molecule has 8 heteroatoms. The van der Waals surface area contributed by atoms with Crippen LogP contribution >= 0.6 is 0 Å². The van der Waals surface area contributed by atoms with Crippen molar-refractivity contribution in [1.82, 2.24) is 10.6 Å². The number of rotatable bonds is 9. The van der Waals surface area contributed by atoms with Crippen molar-refractivity contribution in [3.8, 4) is 17.2 Å². The van der Waals surface area contributed by atoms with Crippen LogP contribution in [0.4, 0.5) is 4.79 Å². The molecule has 4 amide bonds. The van der Waals surface area contributed by atoms with Gasteiger partial charge in [0.15, 0.2) is 0 Å². The van der Waals surface area contributed by atoms with Gasteiger partial charge in [-0.2, -0.15) is 0 Å². The van der Waals surface area contributed by atoms with Gasteiger partial charge < -0.3 is 14.2 Å². The fourth-order valence-corrected chi connectivity index (χ4v) is 4.25. The SMILES string of the molecule is CCOCCC1(Oc2ccc(Oc3ccc(C4CCCC4)cc3)cc2)C(=O)NC(=O)NC1=O. The highest BCUT2D eigenvalue weighted by Crippen LogP contribution is 2.35. The zero-order valence-electron chi connectivity index (χ0n) is 18.6. The Morgan fingerprint density at radius 1 is 0.848 bits per heavy atom. The standard InChI is InChI=1S/C25H28N2O6/c1-2-31-16-15-25(22(28)26-24(30)27-23(25)29)33-21-13-11-20(12-14-21)32-19-9-7-18(8-10-19)17-5-3-4-6-17/h7-14,17H,2-6,15-16H2,1H3,(H2,26,27,28,29,30). The van der Waals surface area contributed by atoms with E-state index in [0.29, 0.717) is 18.3 Å². The topological polar surface area (TPSA) is 103 Å². The summed E-state index contributed by atoms with van der Waals surface area (Å²) in [5.74, 6) is 0.609. The summed E-state index contributed by atoms with van der Waals surface area (Å²) < 4.78 is 17.1. The van der Waals surface area contributed by atoms with Crippen LogP contribution in [-0.4, -0.2) is 36.7 Å². The van der Waals surface area contributed by atoms with Crippen LogP contribution in [0.1, 0.15) is 50.5 Å². The van der Waals surface area contributed by atoms with Gasteiger partial charge in [-0.25, -0.2) is 4.79 Å². The summed E-state index contributed by atoms with van der Waals surface area (Å²) >= 11 is 0. The summed E-state index contributed by atoms with van der Waals surface area (Å²) in [5, 5.41) is 4.20. The average Bonchev–Trinajstić information content (AvgIpc) is 3.34. The van der Waals surface area contributed by atoms with Crippen molar-refractivity contribution in [3.63, 3.8) is 0 Å². The number of hydrogen-bond donors (Lipinski definition) is 2.